The Bertz CT molecular complexity index is 961. The minimum Gasteiger partial charge on any atom is -0.394 e. The lowest BCUT2D eigenvalue weighted by Crippen LogP contribution is -2.60. The van der Waals surface area contributed by atoms with Crippen LogP contribution < -0.4 is 5.32 Å². The van der Waals surface area contributed by atoms with Gasteiger partial charge in [0, 0.05) is 6.42 Å². The topological polar surface area (TPSA) is 149 Å². The molecule has 0 radical (unpaired) electrons. The van der Waals surface area contributed by atoms with E-state index in [0.717, 1.165) is 57.8 Å². The molecule has 1 aliphatic heterocycles. The molecule has 1 heterocycles. The molecule has 342 valence electrons. The van der Waals surface area contributed by atoms with Crippen molar-refractivity contribution < 1.29 is 39.8 Å². The third-order valence-corrected chi connectivity index (χ3v) is 11.8. The highest BCUT2D eigenvalue weighted by atomic mass is 16.7. The van der Waals surface area contributed by atoms with Crippen molar-refractivity contribution >= 4 is 5.91 Å². The number of unbranched alkanes of at least 4 members (excludes halogenated alkanes) is 29. The first-order chi connectivity index (χ1) is 28.3. The predicted octanol–water partition coefficient (Wildman–Crippen LogP) is 10.7. The molecule has 1 saturated heterocycles. The zero-order valence-corrected chi connectivity index (χ0v) is 37.6. The molecule has 1 amide bonds. The summed E-state index contributed by atoms with van der Waals surface area (Å²) in [6.07, 6.45) is 40.8. The van der Waals surface area contributed by atoms with Gasteiger partial charge in [-0.2, -0.15) is 0 Å². The van der Waals surface area contributed by atoms with Crippen molar-refractivity contribution in [2.24, 2.45) is 0 Å². The molecule has 0 spiro atoms. The Morgan fingerprint density at radius 3 is 1.40 bits per heavy atom. The van der Waals surface area contributed by atoms with Crippen LogP contribution in [0.3, 0.4) is 0 Å². The first-order valence-corrected chi connectivity index (χ1v) is 24.6. The highest BCUT2D eigenvalue weighted by Crippen LogP contribution is 2.23. The fraction of sp³-hybridized carbons (Fsp3) is 0.898. The second-order valence-corrected chi connectivity index (χ2v) is 17.3. The molecule has 7 unspecified atom stereocenters. The number of ether oxygens (including phenoxy) is 2. The van der Waals surface area contributed by atoms with Gasteiger partial charge in [-0.1, -0.05) is 199 Å². The number of hydrogen-bond acceptors (Lipinski definition) is 8. The maximum atomic E-state index is 13.0. The number of aliphatic hydroxyl groups excluding tert-OH is 5. The second-order valence-electron chi connectivity index (χ2n) is 17.3. The van der Waals surface area contributed by atoms with E-state index >= 15 is 0 Å². The van der Waals surface area contributed by atoms with E-state index in [4.69, 9.17) is 9.47 Å². The third kappa shape index (κ3) is 29.8. The van der Waals surface area contributed by atoms with Crippen LogP contribution >= 0.6 is 0 Å². The van der Waals surface area contributed by atoms with Crippen LogP contribution in [0.2, 0.25) is 0 Å². The van der Waals surface area contributed by atoms with Gasteiger partial charge in [0.2, 0.25) is 5.91 Å². The van der Waals surface area contributed by atoms with Gasteiger partial charge in [0.1, 0.15) is 24.4 Å². The number of carbonyl (C=O) groups excluding carboxylic acids is 1. The van der Waals surface area contributed by atoms with E-state index in [1.54, 1.807) is 6.08 Å². The van der Waals surface area contributed by atoms with Crippen LogP contribution in [-0.4, -0.2) is 87.5 Å². The van der Waals surface area contributed by atoms with Crippen LogP contribution in [-0.2, 0) is 14.3 Å². The Labute approximate surface area is 356 Å². The Morgan fingerprint density at radius 2 is 0.966 bits per heavy atom. The van der Waals surface area contributed by atoms with Crippen LogP contribution in [0.4, 0.5) is 0 Å². The number of hydrogen-bond donors (Lipinski definition) is 6. The lowest BCUT2D eigenvalue weighted by Gasteiger charge is -2.40. The highest BCUT2D eigenvalue weighted by Gasteiger charge is 2.44. The smallest absolute Gasteiger partial charge is 0.220 e. The predicted molar refractivity (Wildman–Crippen MR) is 240 cm³/mol. The molecule has 9 heteroatoms. The maximum absolute atomic E-state index is 13.0. The number of amides is 1. The quantitative estimate of drug-likeness (QED) is 0.0264. The van der Waals surface area contributed by atoms with Gasteiger partial charge in [0.25, 0.3) is 0 Å². The molecular formula is C49H93NO8. The number of allylic oxidation sites excluding steroid dienone is 3. The average Bonchev–Trinajstić information content (AvgIpc) is 3.22. The second kappa shape index (κ2) is 39.8. The molecule has 0 aromatic carbocycles. The van der Waals surface area contributed by atoms with Gasteiger partial charge >= 0.3 is 0 Å². The Morgan fingerprint density at radius 1 is 0.569 bits per heavy atom. The first-order valence-electron chi connectivity index (χ1n) is 24.6. The molecule has 6 N–H and O–H groups in total. The molecule has 0 saturated carbocycles. The van der Waals surface area contributed by atoms with Crippen molar-refractivity contribution in [3.05, 3.63) is 24.3 Å². The molecule has 0 aliphatic carbocycles. The molecule has 0 aromatic rings. The summed E-state index contributed by atoms with van der Waals surface area (Å²) in [6.45, 7) is 3.77. The van der Waals surface area contributed by atoms with E-state index in [1.165, 1.54) is 148 Å². The SMILES string of the molecule is CCCCCCC/C=C\CCCCCCCC(=O)NC(COC1OC(CO)C(O)C(O)C1O)C(O)/C=C/CCCCCCCCCCCCCCCCCCCCC. The van der Waals surface area contributed by atoms with Crippen molar-refractivity contribution in [3.8, 4) is 0 Å². The summed E-state index contributed by atoms with van der Waals surface area (Å²) in [5.74, 6) is -0.185. The number of aliphatic hydroxyl groups is 5. The van der Waals surface area contributed by atoms with Gasteiger partial charge in [-0.25, -0.2) is 0 Å². The van der Waals surface area contributed by atoms with E-state index in [2.05, 4.69) is 31.3 Å². The standard InChI is InChI=1S/C49H93NO8/c1-3-5-7-9-11-13-15-17-19-20-21-22-23-24-25-26-28-30-32-34-36-38-43(52)42(41-57-49-48(56)47(55)46(54)44(40-51)58-49)50-45(53)39-37-35-33-31-29-27-18-16-14-12-10-8-6-4-2/h16,18,36,38,42-44,46-49,51-52,54-56H,3-15,17,19-35,37,39-41H2,1-2H3,(H,50,53)/b18-16-,38-36+. The largest absolute Gasteiger partial charge is 0.394 e. The van der Waals surface area contributed by atoms with Gasteiger partial charge < -0.3 is 40.3 Å². The lowest BCUT2D eigenvalue weighted by molar-refractivity contribution is -0.302. The van der Waals surface area contributed by atoms with Crippen LogP contribution in [0.25, 0.3) is 0 Å². The van der Waals surface area contributed by atoms with Gasteiger partial charge in [-0.3, -0.25) is 4.79 Å². The number of carbonyl (C=O) groups is 1. The van der Waals surface area contributed by atoms with Crippen molar-refractivity contribution in [1.29, 1.82) is 0 Å². The summed E-state index contributed by atoms with van der Waals surface area (Å²) in [6, 6.07) is -0.806. The summed E-state index contributed by atoms with van der Waals surface area (Å²) >= 11 is 0. The molecule has 1 aliphatic rings. The zero-order chi connectivity index (χ0) is 42.3. The minimum absolute atomic E-state index is 0.185. The van der Waals surface area contributed by atoms with Gasteiger partial charge in [-0.05, 0) is 44.9 Å². The summed E-state index contributed by atoms with van der Waals surface area (Å²) in [7, 11) is 0. The molecule has 7 atom stereocenters. The Balaban J connectivity index is 2.31. The van der Waals surface area contributed by atoms with E-state index in [-0.39, 0.29) is 12.5 Å². The fourth-order valence-corrected chi connectivity index (χ4v) is 7.80. The number of rotatable bonds is 41. The van der Waals surface area contributed by atoms with Crippen molar-refractivity contribution in [1.82, 2.24) is 5.32 Å². The lowest BCUT2D eigenvalue weighted by atomic mass is 9.99. The monoisotopic (exact) mass is 824 g/mol. The highest BCUT2D eigenvalue weighted by molar-refractivity contribution is 5.76. The van der Waals surface area contributed by atoms with E-state index in [1.807, 2.05) is 6.08 Å². The summed E-state index contributed by atoms with van der Waals surface area (Å²) < 4.78 is 11.2. The minimum atomic E-state index is -1.57. The van der Waals surface area contributed by atoms with E-state index in [0.29, 0.717) is 6.42 Å². The summed E-state index contributed by atoms with van der Waals surface area (Å²) in [5, 5.41) is 54.3. The normalized spacial score (nSPS) is 21.0. The molecule has 0 bridgehead atoms. The fourth-order valence-electron chi connectivity index (χ4n) is 7.80. The third-order valence-electron chi connectivity index (χ3n) is 11.8. The van der Waals surface area contributed by atoms with Crippen LogP contribution in [0.1, 0.15) is 226 Å². The summed E-state index contributed by atoms with van der Waals surface area (Å²) in [5.41, 5.74) is 0. The molecule has 0 aromatic heterocycles. The Hall–Kier alpha value is -1.33. The van der Waals surface area contributed by atoms with Crippen LogP contribution in [0, 0.1) is 0 Å². The van der Waals surface area contributed by atoms with E-state index in [9.17, 15) is 30.3 Å². The van der Waals surface area contributed by atoms with E-state index < -0.39 is 49.5 Å². The van der Waals surface area contributed by atoms with Gasteiger partial charge in [0.05, 0.1) is 25.4 Å². The molecule has 1 fully saturated rings. The average molecular weight is 824 g/mol. The van der Waals surface area contributed by atoms with Crippen molar-refractivity contribution in [2.75, 3.05) is 13.2 Å². The molecule has 1 rings (SSSR count). The molecular weight excluding hydrogens is 731 g/mol. The van der Waals surface area contributed by atoms with Gasteiger partial charge in [-0.15, -0.1) is 0 Å². The van der Waals surface area contributed by atoms with Crippen molar-refractivity contribution in [2.45, 2.75) is 269 Å². The number of nitrogens with one attached hydrogen (secondary N) is 1. The van der Waals surface area contributed by atoms with Crippen molar-refractivity contribution in [3.63, 3.8) is 0 Å². The summed E-state index contributed by atoms with van der Waals surface area (Å²) in [4.78, 5) is 13.0. The molecule has 9 nitrogen and oxygen atoms in total. The van der Waals surface area contributed by atoms with Gasteiger partial charge in [0.15, 0.2) is 6.29 Å². The maximum Gasteiger partial charge on any atom is 0.220 e. The first kappa shape index (κ1) is 54.7. The van der Waals surface area contributed by atoms with Crippen LogP contribution in [0.5, 0.6) is 0 Å². The zero-order valence-electron chi connectivity index (χ0n) is 37.6. The molecule has 58 heavy (non-hydrogen) atoms. The Kier molecular flexibility index (Phi) is 37.5. The van der Waals surface area contributed by atoms with Crippen LogP contribution in [0.15, 0.2) is 24.3 Å².